The topological polar surface area (TPSA) is 45.3 Å². The molecule has 5 heteroatoms. The highest BCUT2D eigenvalue weighted by atomic mass is 79.9. The molecule has 3 rings (SSSR count). The van der Waals surface area contributed by atoms with E-state index in [0.717, 1.165) is 15.2 Å². The second kappa shape index (κ2) is 5.55. The number of allylic oxidation sites excluding steroid dienone is 2. The Morgan fingerprint density at radius 3 is 2.65 bits per heavy atom. The lowest BCUT2D eigenvalue weighted by Gasteiger charge is -2.33. The molecular formula is C18H23BrN2O2. The van der Waals surface area contributed by atoms with Crippen LogP contribution in [0.2, 0.25) is 0 Å². The molecule has 2 heterocycles. The highest BCUT2D eigenvalue weighted by molar-refractivity contribution is 9.12. The quantitative estimate of drug-likeness (QED) is 0.752. The maximum atomic E-state index is 12.5. The van der Waals surface area contributed by atoms with Crippen molar-refractivity contribution >= 4 is 34.2 Å². The van der Waals surface area contributed by atoms with Crippen LogP contribution in [0.25, 0.3) is 12.2 Å². The van der Waals surface area contributed by atoms with Gasteiger partial charge in [0.25, 0.3) is 0 Å². The molecule has 2 atom stereocenters. The predicted octanol–water partition coefficient (Wildman–Crippen LogP) is 3.28. The van der Waals surface area contributed by atoms with Crippen LogP contribution in [-0.4, -0.2) is 28.1 Å². The van der Waals surface area contributed by atoms with E-state index in [2.05, 4.69) is 53.0 Å². The number of halogens is 1. The molecule has 23 heavy (non-hydrogen) atoms. The zero-order valence-corrected chi connectivity index (χ0v) is 15.8. The van der Waals surface area contributed by atoms with E-state index in [4.69, 9.17) is 4.74 Å². The summed E-state index contributed by atoms with van der Waals surface area (Å²) in [5.41, 5.74) is 2.00. The summed E-state index contributed by atoms with van der Waals surface area (Å²) in [5, 5.41) is 2.26. The molecule has 0 bridgehead atoms. The Labute approximate surface area is 145 Å². The van der Waals surface area contributed by atoms with Crippen molar-refractivity contribution in [3.63, 3.8) is 0 Å². The lowest BCUT2D eigenvalue weighted by atomic mass is 9.90. The van der Waals surface area contributed by atoms with Gasteiger partial charge >= 0.3 is 6.09 Å². The second-order valence-corrected chi connectivity index (χ2v) is 8.19. The third-order valence-corrected chi connectivity index (χ3v) is 4.79. The van der Waals surface area contributed by atoms with Crippen LogP contribution < -0.4 is 10.7 Å². The van der Waals surface area contributed by atoms with Gasteiger partial charge in [0.05, 0.1) is 6.04 Å². The van der Waals surface area contributed by atoms with Gasteiger partial charge in [-0.25, -0.2) is 4.79 Å². The van der Waals surface area contributed by atoms with Gasteiger partial charge in [0.15, 0.2) is 0 Å². The number of ether oxygens (including phenoxy) is 1. The van der Waals surface area contributed by atoms with Gasteiger partial charge < -0.3 is 9.72 Å². The van der Waals surface area contributed by atoms with Crippen LogP contribution in [0.3, 0.4) is 0 Å². The normalized spacial score (nSPS) is 23.2. The number of hydrogen-bond acceptors (Lipinski definition) is 2. The van der Waals surface area contributed by atoms with E-state index in [1.54, 1.807) is 4.90 Å². The maximum Gasteiger partial charge on any atom is 0.411 e. The molecule has 1 N–H and O–H groups in total. The summed E-state index contributed by atoms with van der Waals surface area (Å²) in [6.07, 6.45) is 6.11. The first kappa shape index (κ1) is 16.4. The van der Waals surface area contributed by atoms with Crippen molar-refractivity contribution in [1.82, 2.24) is 9.88 Å². The summed E-state index contributed by atoms with van der Waals surface area (Å²) in [5.74, 6) is 0.304. The third-order valence-electron chi connectivity index (χ3n) is 4.29. The summed E-state index contributed by atoms with van der Waals surface area (Å²) in [4.78, 5) is 17.8. The zero-order valence-electron chi connectivity index (χ0n) is 14.2. The SMILES string of the molecule is CC1C=C(Br)C=c2[nH]c3c(c21)C(C)N(C(=O)OC(C)(C)C)CC=3. The summed E-state index contributed by atoms with van der Waals surface area (Å²) in [6, 6.07) is -0.00836. The van der Waals surface area contributed by atoms with Crippen molar-refractivity contribution in [1.29, 1.82) is 0 Å². The number of fused-ring (bicyclic) bond motifs is 3. The molecule has 4 nitrogen and oxygen atoms in total. The van der Waals surface area contributed by atoms with Gasteiger partial charge in [0.1, 0.15) is 5.60 Å². The van der Waals surface area contributed by atoms with E-state index < -0.39 is 5.60 Å². The predicted molar refractivity (Wildman–Crippen MR) is 95.8 cm³/mol. The molecule has 0 saturated carbocycles. The molecule has 0 fully saturated rings. The molecule has 124 valence electrons. The monoisotopic (exact) mass is 378 g/mol. The van der Waals surface area contributed by atoms with Crippen LogP contribution in [0, 0.1) is 0 Å². The first-order chi connectivity index (χ1) is 10.7. The average molecular weight is 379 g/mol. The summed E-state index contributed by atoms with van der Waals surface area (Å²) in [7, 11) is 0. The molecule has 1 amide bonds. The van der Waals surface area contributed by atoms with Crippen LogP contribution in [0.15, 0.2) is 10.6 Å². The summed E-state index contributed by atoms with van der Waals surface area (Å²) >= 11 is 3.57. The van der Waals surface area contributed by atoms with E-state index >= 15 is 0 Å². The number of aromatic amines is 1. The third kappa shape index (κ3) is 2.99. The number of nitrogens with one attached hydrogen (secondary N) is 1. The number of carbonyl (C=O) groups is 1. The van der Waals surface area contributed by atoms with Crippen LogP contribution in [0.5, 0.6) is 0 Å². The van der Waals surface area contributed by atoms with Gasteiger partial charge in [-0.15, -0.1) is 0 Å². The highest BCUT2D eigenvalue weighted by Crippen LogP contribution is 2.31. The van der Waals surface area contributed by atoms with Gasteiger partial charge in [-0.1, -0.05) is 28.9 Å². The lowest BCUT2D eigenvalue weighted by molar-refractivity contribution is 0.0200. The van der Waals surface area contributed by atoms with Crippen LogP contribution in [-0.2, 0) is 4.74 Å². The summed E-state index contributed by atoms with van der Waals surface area (Å²) < 4.78 is 6.65. The summed E-state index contributed by atoms with van der Waals surface area (Å²) in [6.45, 7) is 10.5. The number of amides is 1. The number of nitrogens with zero attached hydrogens (tertiary/aromatic N) is 1. The van der Waals surface area contributed by atoms with Gasteiger partial charge in [-0.3, -0.25) is 4.90 Å². The molecule has 0 aromatic carbocycles. The molecule has 0 saturated heterocycles. The Kier molecular flexibility index (Phi) is 3.95. The van der Waals surface area contributed by atoms with E-state index in [1.165, 1.54) is 11.1 Å². The molecule has 0 spiro atoms. The molecule has 2 aliphatic rings. The minimum atomic E-state index is -0.483. The fraction of sp³-hybridized carbons (Fsp3) is 0.500. The Hall–Kier alpha value is -1.49. The Morgan fingerprint density at radius 1 is 1.30 bits per heavy atom. The molecule has 2 unspecified atom stereocenters. The van der Waals surface area contributed by atoms with Crippen molar-refractivity contribution in [2.75, 3.05) is 6.54 Å². The lowest BCUT2D eigenvalue weighted by Crippen LogP contribution is -2.42. The molecule has 1 aliphatic heterocycles. The van der Waals surface area contributed by atoms with Gasteiger partial charge in [-0.2, -0.15) is 0 Å². The van der Waals surface area contributed by atoms with Gasteiger partial charge in [0.2, 0.25) is 0 Å². The Bertz CT molecular complexity index is 798. The number of aromatic nitrogens is 1. The van der Waals surface area contributed by atoms with Crippen molar-refractivity contribution in [3.8, 4) is 0 Å². The first-order valence-electron chi connectivity index (χ1n) is 7.98. The number of rotatable bonds is 0. The van der Waals surface area contributed by atoms with Crippen molar-refractivity contribution in [2.24, 2.45) is 0 Å². The van der Waals surface area contributed by atoms with Crippen molar-refractivity contribution < 1.29 is 9.53 Å². The fourth-order valence-electron chi connectivity index (χ4n) is 3.35. The maximum absolute atomic E-state index is 12.5. The van der Waals surface area contributed by atoms with E-state index in [-0.39, 0.29) is 12.1 Å². The number of carbonyl (C=O) groups excluding carboxylic acids is 1. The number of H-pyrrole nitrogens is 1. The van der Waals surface area contributed by atoms with Crippen LogP contribution in [0.1, 0.15) is 57.7 Å². The Balaban J connectivity index is 2.00. The van der Waals surface area contributed by atoms with Crippen molar-refractivity contribution in [3.05, 3.63) is 32.4 Å². The molecule has 1 aromatic rings. The van der Waals surface area contributed by atoms with Crippen LogP contribution >= 0.6 is 15.9 Å². The van der Waals surface area contributed by atoms with E-state index in [9.17, 15) is 4.79 Å². The minimum absolute atomic E-state index is 0.00836. The number of hydrogen-bond donors (Lipinski definition) is 1. The van der Waals surface area contributed by atoms with E-state index in [0.29, 0.717) is 12.5 Å². The van der Waals surface area contributed by atoms with Crippen molar-refractivity contribution in [2.45, 2.75) is 52.2 Å². The minimum Gasteiger partial charge on any atom is -0.444 e. The molecular weight excluding hydrogens is 356 g/mol. The highest BCUT2D eigenvalue weighted by Gasteiger charge is 2.32. The Morgan fingerprint density at radius 2 is 2.00 bits per heavy atom. The first-order valence-corrected chi connectivity index (χ1v) is 8.77. The molecule has 1 aromatic heterocycles. The average Bonchev–Trinajstić information content (AvgIpc) is 2.75. The molecule has 0 radical (unpaired) electrons. The smallest absolute Gasteiger partial charge is 0.411 e. The zero-order chi connectivity index (χ0) is 16.9. The fourth-order valence-corrected chi connectivity index (χ4v) is 3.98. The standard InChI is InChI=1S/C18H23BrN2O2/c1-10-8-12(19)9-14-15(10)16-11(2)21(7-6-13(16)20-14)17(22)23-18(3,4)5/h6,8-11,20H,7H2,1-5H3. The largest absolute Gasteiger partial charge is 0.444 e. The molecule has 1 aliphatic carbocycles. The second-order valence-electron chi connectivity index (χ2n) is 7.28. The van der Waals surface area contributed by atoms with Crippen LogP contribution in [0.4, 0.5) is 4.79 Å². The van der Waals surface area contributed by atoms with Gasteiger partial charge in [0, 0.05) is 33.2 Å². The van der Waals surface area contributed by atoms with Gasteiger partial charge in [-0.05, 0) is 45.4 Å². The van der Waals surface area contributed by atoms with E-state index in [1.807, 2.05) is 20.8 Å².